The number of hydrogen-bond acceptors (Lipinski definition) is 5. The van der Waals surface area contributed by atoms with Crippen molar-refractivity contribution in [2.45, 2.75) is 44.7 Å². The Morgan fingerprint density at radius 2 is 1.97 bits per heavy atom. The molecule has 0 spiro atoms. The van der Waals surface area contributed by atoms with Crippen molar-refractivity contribution in [2.75, 3.05) is 5.32 Å². The van der Waals surface area contributed by atoms with Crippen molar-refractivity contribution < 1.29 is 18.8 Å². The molecule has 8 nitrogen and oxygen atoms in total. The first kappa shape index (κ1) is 21.9. The van der Waals surface area contributed by atoms with Gasteiger partial charge in [-0.15, -0.1) is 0 Å². The van der Waals surface area contributed by atoms with Crippen molar-refractivity contribution in [3.63, 3.8) is 0 Å². The molecule has 4 rings (SSSR count). The highest BCUT2D eigenvalue weighted by atomic mass is 35.5. The lowest BCUT2D eigenvalue weighted by Crippen LogP contribution is -2.44. The number of amides is 2. The summed E-state index contributed by atoms with van der Waals surface area (Å²) in [6.07, 6.45) is 3.71. The molecule has 168 valence electrons. The molecule has 2 aromatic rings. The summed E-state index contributed by atoms with van der Waals surface area (Å²) in [6.45, 7) is 2.16. The van der Waals surface area contributed by atoms with Crippen LogP contribution in [0.3, 0.4) is 0 Å². The number of nitrogens with two attached hydrogens (primary N) is 2. The molecule has 10 heteroatoms. The number of fused-ring (bicyclic) bond motifs is 1. The zero-order chi connectivity index (χ0) is 23.2. The van der Waals surface area contributed by atoms with Crippen molar-refractivity contribution in [2.24, 2.45) is 11.5 Å². The summed E-state index contributed by atoms with van der Waals surface area (Å²) in [5.41, 5.74) is 12.6. The van der Waals surface area contributed by atoms with Gasteiger partial charge in [-0.25, -0.2) is 4.39 Å². The highest BCUT2D eigenvalue weighted by Gasteiger charge is 2.48. The zero-order valence-corrected chi connectivity index (χ0v) is 18.2. The van der Waals surface area contributed by atoms with Crippen LogP contribution in [-0.4, -0.2) is 27.7 Å². The van der Waals surface area contributed by atoms with Crippen LogP contribution in [0.25, 0.3) is 0 Å². The number of hydrogen-bond donors (Lipinski definition) is 4. The van der Waals surface area contributed by atoms with E-state index in [9.17, 15) is 18.8 Å². The summed E-state index contributed by atoms with van der Waals surface area (Å²) < 4.78 is 15.4. The summed E-state index contributed by atoms with van der Waals surface area (Å²) in [7, 11) is 0. The molecule has 1 aliphatic carbocycles. The normalized spacial score (nSPS) is 16.4. The summed E-state index contributed by atoms with van der Waals surface area (Å²) in [5, 5.41) is 5.47. The highest BCUT2D eigenvalue weighted by molar-refractivity contribution is 6.44. The second kappa shape index (κ2) is 7.98. The molecule has 0 saturated heterocycles. The van der Waals surface area contributed by atoms with Gasteiger partial charge in [-0.3, -0.25) is 14.4 Å². The van der Waals surface area contributed by atoms with Gasteiger partial charge in [0.2, 0.25) is 0 Å². The molecule has 2 aliphatic rings. The number of carbonyl (C=O) groups is 3. The Balaban J connectivity index is 1.64. The Bertz CT molecular complexity index is 1160. The summed E-state index contributed by atoms with van der Waals surface area (Å²) >= 11 is 5.87. The maximum Gasteiger partial charge on any atom is 0.293 e. The first-order chi connectivity index (χ1) is 15.2. The minimum Gasteiger partial charge on any atom is -0.403 e. The Morgan fingerprint density at radius 1 is 1.25 bits per heavy atom. The van der Waals surface area contributed by atoms with E-state index in [1.54, 1.807) is 11.5 Å². The minimum absolute atomic E-state index is 0.143. The van der Waals surface area contributed by atoms with E-state index in [0.29, 0.717) is 42.8 Å². The standard InChI is InChI=1S/C22H23ClFN5O3/c1-11-17(19(30)21(32)28-22(4-5-22)16(26)10-25)15-3-2-6-29(15)18(11)20(31)27-14-8-12(23)7-13(24)9-14/h7-10H,2-6,25-26H2,1H3,(H,27,31)(H,28,32)/b16-10-. The van der Waals surface area contributed by atoms with E-state index in [1.165, 1.54) is 12.3 Å². The Labute approximate surface area is 188 Å². The molecular formula is C22H23ClFN5O3. The molecule has 2 amide bonds. The molecule has 0 unspecified atom stereocenters. The van der Waals surface area contributed by atoms with Crippen molar-refractivity contribution in [3.05, 3.63) is 63.5 Å². The van der Waals surface area contributed by atoms with Crippen LogP contribution in [0, 0.1) is 12.7 Å². The van der Waals surface area contributed by atoms with Gasteiger partial charge in [0.25, 0.3) is 17.6 Å². The lowest BCUT2D eigenvalue weighted by atomic mass is 10.0. The zero-order valence-electron chi connectivity index (χ0n) is 17.4. The molecule has 0 atom stereocenters. The van der Waals surface area contributed by atoms with E-state index in [4.69, 9.17) is 23.1 Å². The molecule has 32 heavy (non-hydrogen) atoms. The maximum absolute atomic E-state index is 13.7. The number of benzene rings is 1. The fourth-order valence-corrected chi connectivity index (χ4v) is 4.51. The van der Waals surface area contributed by atoms with Crippen LogP contribution in [0.1, 0.15) is 51.4 Å². The Morgan fingerprint density at radius 3 is 2.59 bits per heavy atom. The van der Waals surface area contributed by atoms with Gasteiger partial charge in [0.05, 0.1) is 11.1 Å². The van der Waals surface area contributed by atoms with Crippen molar-refractivity contribution >= 4 is 34.9 Å². The fraction of sp³-hybridized carbons (Fsp3) is 0.318. The van der Waals surface area contributed by atoms with Crippen molar-refractivity contribution in [3.8, 4) is 0 Å². The molecule has 1 aromatic carbocycles. The number of halogens is 2. The van der Waals surface area contributed by atoms with Crippen LogP contribution < -0.4 is 22.1 Å². The minimum atomic E-state index is -0.792. The van der Waals surface area contributed by atoms with E-state index in [0.717, 1.165) is 18.6 Å². The number of aromatic nitrogens is 1. The molecule has 6 N–H and O–H groups in total. The number of nitrogens with one attached hydrogen (secondary N) is 2. The number of nitrogens with zero attached hydrogens (tertiary/aromatic N) is 1. The molecule has 1 aliphatic heterocycles. The van der Waals surface area contributed by atoms with Gasteiger partial charge in [0.15, 0.2) is 0 Å². The lowest BCUT2D eigenvalue weighted by molar-refractivity contribution is -0.117. The second-order valence-corrected chi connectivity index (χ2v) is 8.59. The average Bonchev–Trinajstić information content (AvgIpc) is 3.26. The molecule has 0 radical (unpaired) electrons. The van der Waals surface area contributed by atoms with E-state index in [1.807, 2.05) is 0 Å². The molecular weight excluding hydrogens is 437 g/mol. The summed E-state index contributed by atoms with van der Waals surface area (Å²) in [6, 6.07) is 3.71. The van der Waals surface area contributed by atoms with Gasteiger partial charge in [0, 0.05) is 34.8 Å². The van der Waals surface area contributed by atoms with E-state index in [-0.39, 0.29) is 22.0 Å². The third-order valence-electron chi connectivity index (χ3n) is 6.01. The second-order valence-electron chi connectivity index (χ2n) is 8.15. The van der Waals surface area contributed by atoms with Crippen LogP contribution in [0.4, 0.5) is 10.1 Å². The Kier molecular flexibility index (Phi) is 5.46. The number of anilines is 1. The molecule has 2 heterocycles. The monoisotopic (exact) mass is 459 g/mol. The maximum atomic E-state index is 13.7. The van der Waals surface area contributed by atoms with Crippen molar-refractivity contribution in [1.82, 2.24) is 9.88 Å². The smallest absolute Gasteiger partial charge is 0.293 e. The molecule has 1 aromatic heterocycles. The van der Waals surface area contributed by atoms with Gasteiger partial charge in [-0.2, -0.15) is 0 Å². The molecule has 1 saturated carbocycles. The highest BCUT2D eigenvalue weighted by Crippen LogP contribution is 2.40. The van der Waals surface area contributed by atoms with Crippen molar-refractivity contribution in [1.29, 1.82) is 0 Å². The van der Waals surface area contributed by atoms with Gasteiger partial charge < -0.3 is 26.7 Å². The molecule has 0 bridgehead atoms. The van der Waals surface area contributed by atoms with Crippen LogP contribution in [-0.2, 0) is 17.8 Å². The first-order valence-corrected chi connectivity index (χ1v) is 10.6. The van der Waals surface area contributed by atoms with E-state index in [2.05, 4.69) is 10.6 Å². The summed E-state index contributed by atoms with van der Waals surface area (Å²) in [4.78, 5) is 38.9. The van der Waals surface area contributed by atoms with E-state index >= 15 is 0 Å². The van der Waals surface area contributed by atoms with Gasteiger partial charge >= 0.3 is 0 Å². The number of rotatable bonds is 6. The van der Waals surface area contributed by atoms with Crippen LogP contribution in [0.2, 0.25) is 5.02 Å². The predicted molar refractivity (Wildman–Crippen MR) is 118 cm³/mol. The largest absolute Gasteiger partial charge is 0.403 e. The Hall–Kier alpha value is -3.33. The third kappa shape index (κ3) is 3.73. The third-order valence-corrected chi connectivity index (χ3v) is 6.23. The van der Waals surface area contributed by atoms with Gasteiger partial charge in [-0.05, 0) is 56.4 Å². The molecule has 1 fully saturated rings. The number of Topliss-reactive ketones (excluding diaryl/α,β-unsaturated/α-hetero) is 1. The number of ketones is 1. The van der Waals surface area contributed by atoms with Gasteiger partial charge in [-0.1, -0.05) is 11.6 Å². The van der Waals surface area contributed by atoms with Crippen LogP contribution in [0.5, 0.6) is 0 Å². The average molecular weight is 460 g/mol. The SMILES string of the molecule is Cc1c(C(=O)C(=O)NC2(/C(N)=C/N)CC2)c2n(c1C(=O)Nc1cc(F)cc(Cl)c1)CCC2. The van der Waals surface area contributed by atoms with E-state index < -0.39 is 29.0 Å². The lowest BCUT2D eigenvalue weighted by Gasteiger charge is -2.17. The van der Waals surface area contributed by atoms with Gasteiger partial charge in [0.1, 0.15) is 11.5 Å². The predicted octanol–water partition coefficient (Wildman–Crippen LogP) is 2.38. The van der Waals surface area contributed by atoms with Crippen LogP contribution >= 0.6 is 11.6 Å². The topological polar surface area (TPSA) is 132 Å². The summed E-state index contributed by atoms with van der Waals surface area (Å²) in [5.74, 6) is -2.62. The fourth-order valence-electron chi connectivity index (χ4n) is 4.29. The first-order valence-electron chi connectivity index (χ1n) is 10.2. The number of carbonyl (C=O) groups excluding carboxylic acids is 3. The quantitative estimate of drug-likeness (QED) is 0.389. The van der Waals surface area contributed by atoms with Crippen LogP contribution in [0.15, 0.2) is 30.1 Å².